The largest absolute Gasteiger partial charge is 0.496 e. The smallest absolute Gasteiger partial charge is 0.185 e. The highest BCUT2D eigenvalue weighted by Gasteiger charge is 2.19. The van der Waals surface area contributed by atoms with Crippen LogP contribution in [0.1, 0.15) is 53.4 Å². The number of methoxy groups -OCH3 is 3. The molecule has 0 spiro atoms. The van der Waals surface area contributed by atoms with Gasteiger partial charge in [-0.2, -0.15) is 0 Å². The van der Waals surface area contributed by atoms with Crippen molar-refractivity contribution in [1.82, 2.24) is 0 Å². The van der Waals surface area contributed by atoms with Crippen molar-refractivity contribution >= 4 is 11.9 Å². The maximum absolute atomic E-state index is 12.7. The van der Waals surface area contributed by atoms with Crippen molar-refractivity contribution in [2.24, 2.45) is 0 Å². The Balaban J connectivity index is 1.81. The molecule has 0 amide bonds. The van der Waals surface area contributed by atoms with E-state index in [0.29, 0.717) is 23.7 Å². The number of benzene rings is 3. The average molecular weight is 475 g/mol. The van der Waals surface area contributed by atoms with Crippen LogP contribution in [0.15, 0.2) is 60.7 Å². The molecule has 184 valence electrons. The molecule has 5 heteroatoms. The van der Waals surface area contributed by atoms with Gasteiger partial charge in [0, 0.05) is 11.1 Å². The van der Waals surface area contributed by atoms with Crippen molar-refractivity contribution in [3.63, 3.8) is 0 Å². The minimum Gasteiger partial charge on any atom is -0.496 e. The second kappa shape index (κ2) is 11.1. The molecule has 0 bridgehead atoms. The zero-order valence-electron chi connectivity index (χ0n) is 21.6. The number of ketones is 1. The fraction of sp³-hybridized carbons (Fsp3) is 0.300. The topological polar surface area (TPSA) is 54.0 Å². The van der Waals surface area contributed by atoms with Crippen LogP contribution in [0.4, 0.5) is 0 Å². The summed E-state index contributed by atoms with van der Waals surface area (Å²) < 4.78 is 22.4. The van der Waals surface area contributed by atoms with Gasteiger partial charge in [0.25, 0.3) is 0 Å². The van der Waals surface area contributed by atoms with Gasteiger partial charge in [-0.3, -0.25) is 4.79 Å². The van der Waals surface area contributed by atoms with Crippen molar-refractivity contribution < 1.29 is 23.7 Å². The average Bonchev–Trinajstić information content (AvgIpc) is 2.84. The molecule has 3 aromatic carbocycles. The number of allylic oxidation sites excluding steroid dienone is 1. The summed E-state index contributed by atoms with van der Waals surface area (Å²) in [5, 5.41) is 0. The molecule has 0 aliphatic carbocycles. The van der Waals surface area contributed by atoms with Crippen LogP contribution in [-0.4, -0.2) is 27.1 Å². The molecule has 0 aromatic heterocycles. The van der Waals surface area contributed by atoms with Crippen molar-refractivity contribution in [2.75, 3.05) is 21.3 Å². The predicted octanol–water partition coefficient (Wildman–Crippen LogP) is 6.79. The van der Waals surface area contributed by atoms with Gasteiger partial charge >= 0.3 is 0 Å². The van der Waals surface area contributed by atoms with E-state index in [1.165, 1.54) is 0 Å². The zero-order chi connectivity index (χ0) is 25.6. The van der Waals surface area contributed by atoms with E-state index in [1.54, 1.807) is 51.7 Å². The van der Waals surface area contributed by atoms with E-state index >= 15 is 0 Å². The van der Waals surface area contributed by atoms with Crippen molar-refractivity contribution in [3.8, 4) is 23.0 Å². The molecule has 3 aromatic rings. The Morgan fingerprint density at radius 2 is 1.49 bits per heavy atom. The standard InChI is InChI=1S/C30H34O5/c1-20-8-12-24(30(2,3)4)28(16-20)35-19-23-17-21(10-14-26(23)32-5)9-13-25(31)22-11-15-27(33-6)29(18-22)34-7/h8-18H,19H2,1-7H3/b13-9+. The Labute approximate surface area is 208 Å². The number of ether oxygens (including phenoxy) is 4. The van der Waals surface area contributed by atoms with Crippen LogP contribution in [0, 0.1) is 6.92 Å². The van der Waals surface area contributed by atoms with E-state index in [-0.39, 0.29) is 11.2 Å². The highest BCUT2D eigenvalue weighted by atomic mass is 16.5. The molecule has 0 atom stereocenters. The van der Waals surface area contributed by atoms with Gasteiger partial charge in [0.2, 0.25) is 0 Å². The highest BCUT2D eigenvalue weighted by molar-refractivity contribution is 6.07. The van der Waals surface area contributed by atoms with Crippen LogP contribution in [-0.2, 0) is 12.0 Å². The van der Waals surface area contributed by atoms with Crippen LogP contribution in [0.3, 0.4) is 0 Å². The molecular formula is C30H34O5. The van der Waals surface area contributed by atoms with Gasteiger partial charge < -0.3 is 18.9 Å². The molecule has 0 fully saturated rings. The maximum Gasteiger partial charge on any atom is 0.185 e. The van der Waals surface area contributed by atoms with E-state index in [9.17, 15) is 4.79 Å². The van der Waals surface area contributed by atoms with Crippen LogP contribution >= 0.6 is 0 Å². The SMILES string of the molecule is COc1ccc(/C=C/C(=O)c2ccc(OC)c(OC)c2)cc1COc1cc(C)ccc1C(C)(C)C. The molecule has 0 heterocycles. The lowest BCUT2D eigenvalue weighted by molar-refractivity contribution is 0.104. The van der Waals surface area contributed by atoms with Gasteiger partial charge in [0.1, 0.15) is 18.1 Å². The summed E-state index contributed by atoms with van der Waals surface area (Å²) in [6, 6.07) is 17.2. The van der Waals surface area contributed by atoms with Gasteiger partial charge in [-0.15, -0.1) is 0 Å². The van der Waals surface area contributed by atoms with Crippen LogP contribution < -0.4 is 18.9 Å². The summed E-state index contributed by atoms with van der Waals surface area (Å²) in [6.45, 7) is 8.92. The van der Waals surface area contributed by atoms with Gasteiger partial charge in [-0.25, -0.2) is 0 Å². The fourth-order valence-electron chi connectivity index (χ4n) is 3.80. The first-order valence-corrected chi connectivity index (χ1v) is 11.5. The van der Waals surface area contributed by atoms with Crippen LogP contribution in [0.25, 0.3) is 6.08 Å². The number of carbonyl (C=O) groups excluding carboxylic acids is 1. The van der Waals surface area contributed by atoms with Crippen LogP contribution in [0.2, 0.25) is 0 Å². The number of carbonyl (C=O) groups is 1. The summed E-state index contributed by atoms with van der Waals surface area (Å²) in [6.07, 6.45) is 3.33. The lowest BCUT2D eigenvalue weighted by Crippen LogP contribution is -2.13. The van der Waals surface area contributed by atoms with E-state index in [0.717, 1.165) is 33.8 Å². The Morgan fingerprint density at radius 3 is 2.14 bits per heavy atom. The third kappa shape index (κ3) is 6.44. The summed E-state index contributed by atoms with van der Waals surface area (Å²) >= 11 is 0. The minimum atomic E-state index is -0.130. The Kier molecular flexibility index (Phi) is 8.23. The summed E-state index contributed by atoms with van der Waals surface area (Å²) in [5.74, 6) is 2.56. The van der Waals surface area contributed by atoms with E-state index in [4.69, 9.17) is 18.9 Å². The second-order valence-electron chi connectivity index (χ2n) is 9.38. The molecule has 0 N–H and O–H groups in total. The van der Waals surface area contributed by atoms with Gasteiger partial charge in [0.05, 0.1) is 21.3 Å². The minimum absolute atomic E-state index is 0.0395. The molecule has 3 rings (SSSR count). The van der Waals surface area contributed by atoms with Crippen LogP contribution in [0.5, 0.6) is 23.0 Å². The molecule has 0 aliphatic rings. The fourth-order valence-corrected chi connectivity index (χ4v) is 3.80. The lowest BCUT2D eigenvalue weighted by atomic mass is 9.86. The summed E-state index contributed by atoms with van der Waals surface area (Å²) in [4.78, 5) is 12.7. The Morgan fingerprint density at radius 1 is 0.800 bits per heavy atom. The Bertz CT molecular complexity index is 1220. The van der Waals surface area contributed by atoms with Crippen molar-refractivity contribution in [2.45, 2.75) is 39.7 Å². The van der Waals surface area contributed by atoms with E-state index in [1.807, 2.05) is 18.2 Å². The number of hydrogen-bond acceptors (Lipinski definition) is 5. The zero-order valence-corrected chi connectivity index (χ0v) is 21.6. The normalized spacial score (nSPS) is 11.4. The molecule has 0 radical (unpaired) electrons. The van der Waals surface area contributed by atoms with Crippen molar-refractivity contribution in [3.05, 3.63) is 88.5 Å². The molecule has 0 saturated carbocycles. The highest BCUT2D eigenvalue weighted by Crippen LogP contribution is 2.33. The molecule has 0 aliphatic heterocycles. The number of hydrogen-bond donors (Lipinski definition) is 0. The maximum atomic E-state index is 12.7. The van der Waals surface area contributed by atoms with Gasteiger partial charge in [-0.05, 0) is 71.5 Å². The number of aryl methyl sites for hydroxylation is 1. The summed E-state index contributed by atoms with van der Waals surface area (Å²) in [5.41, 5.74) is 4.55. The molecule has 35 heavy (non-hydrogen) atoms. The Hall–Kier alpha value is -3.73. The first-order chi connectivity index (χ1) is 16.7. The number of rotatable bonds is 9. The van der Waals surface area contributed by atoms with Crippen molar-refractivity contribution in [1.29, 1.82) is 0 Å². The third-order valence-electron chi connectivity index (χ3n) is 5.73. The first kappa shape index (κ1) is 25.9. The quantitative estimate of drug-likeness (QED) is 0.252. The molecular weight excluding hydrogens is 440 g/mol. The molecule has 0 saturated heterocycles. The molecule has 5 nitrogen and oxygen atoms in total. The van der Waals surface area contributed by atoms with Gasteiger partial charge in [0.15, 0.2) is 17.3 Å². The third-order valence-corrected chi connectivity index (χ3v) is 5.73. The first-order valence-electron chi connectivity index (χ1n) is 11.5. The predicted molar refractivity (Wildman–Crippen MR) is 140 cm³/mol. The van der Waals surface area contributed by atoms with E-state index in [2.05, 4.69) is 45.9 Å². The summed E-state index contributed by atoms with van der Waals surface area (Å²) in [7, 11) is 4.75. The van der Waals surface area contributed by atoms with Gasteiger partial charge in [-0.1, -0.05) is 45.0 Å². The van der Waals surface area contributed by atoms with E-state index < -0.39 is 0 Å². The lowest BCUT2D eigenvalue weighted by Gasteiger charge is -2.23. The monoisotopic (exact) mass is 474 g/mol. The molecule has 0 unspecified atom stereocenters. The second-order valence-corrected chi connectivity index (χ2v) is 9.38.